The van der Waals surface area contributed by atoms with E-state index >= 15 is 0 Å². The minimum atomic E-state index is -0.531. The van der Waals surface area contributed by atoms with Gasteiger partial charge >= 0.3 is 5.97 Å². The van der Waals surface area contributed by atoms with E-state index in [-0.39, 0.29) is 24.3 Å². The van der Waals surface area contributed by atoms with Gasteiger partial charge in [-0.1, -0.05) is 18.2 Å². The third kappa shape index (κ3) is 2.70. The Morgan fingerprint density at radius 1 is 1.55 bits per heavy atom. The maximum absolute atomic E-state index is 12.2. The van der Waals surface area contributed by atoms with E-state index < -0.39 is 5.41 Å². The number of nitriles is 1. The Hall–Kier alpha value is -1.61. The van der Waals surface area contributed by atoms with Crippen molar-refractivity contribution in [2.75, 3.05) is 33.4 Å². The van der Waals surface area contributed by atoms with Crippen LogP contribution in [0.4, 0.5) is 0 Å². The lowest BCUT2D eigenvalue weighted by Gasteiger charge is -2.24. The van der Waals surface area contributed by atoms with Crippen molar-refractivity contribution < 1.29 is 14.3 Å². The van der Waals surface area contributed by atoms with E-state index in [0.29, 0.717) is 31.9 Å². The van der Waals surface area contributed by atoms with Crippen LogP contribution in [0.5, 0.6) is 0 Å². The van der Waals surface area contributed by atoms with Crippen LogP contribution in [0, 0.1) is 22.7 Å². The van der Waals surface area contributed by atoms with Gasteiger partial charge in [-0.25, -0.2) is 0 Å². The second-order valence-electron chi connectivity index (χ2n) is 5.80. The second kappa shape index (κ2) is 6.66. The summed E-state index contributed by atoms with van der Waals surface area (Å²) >= 11 is 0. The number of benzene rings is 1. The first-order chi connectivity index (χ1) is 10.2. The molecule has 2 fully saturated rings. The van der Waals surface area contributed by atoms with Crippen molar-refractivity contribution in [3.05, 3.63) is 35.4 Å². The first-order valence-electron chi connectivity index (χ1n) is 7.06. The fourth-order valence-corrected chi connectivity index (χ4v) is 3.46. The van der Waals surface area contributed by atoms with Crippen LogP contribution in [0.3, 0.4) is 0 Å². The summed E-state index contributed by atoms with van der Waals surface area (Å²) < 4.78 is 10.5. The van der Waals surface area contributed by atoms with Crippen molar-refractivity contribution in [2.45, 2.75) is 6.54 Å². The highest BCUT2D eigenvalue weighted by atomic mass is 35.5. The number of likely N-dealkylation sites (tertiary alicyclic amines) is 1. The Kier molecular flexibility index (Phi) is 5.07. The van der Waals surface area contributed by atoms with Gasteiger partial charge in [-0.3, -0.25) is 9.69 Å². The molecular weight excluding hydrogens is 304 g/mol. The number of halogens is 1. The molecule has 1 aromatic rings. The van der Waals surface area contributed by atoms with Crippen molar-refractivity contribution in [1.29, 1.82) is 5.26 Å². The lowest BCUT2D eigenvalue weighted by molar-refractivity contribution is -0.153. The summed E-state index contributed by atoms with van der Waals surface area (Å²) in [6.45, 7) is 3.14. The van der Waals surface area contributed by atoms with Crippen molar-refractivity contribution >= 4 is 18.4 Å². The average molecular weight is 323 g/mol. The molecule has 0 radical (unpaired) electrons. The minimum Gasteiger partial charge on any atom is -0.468 e. The highest BCUT2D eigenvalue weighted by Crippen LogP contribution is 2.42. The lowest BCUT2D eigenvalue weighted by atomic mass is 9.81. The maximum Gasteiger partial charge on any atom is 0.315 e. The molecule has 0 amide bonds. The number of ether oxygens (including phenoxy) is 2. The second-order valence-corrected chi connectivity index (χ2v) is 5.80. The molecule has 2 aliphatic rings. The molecule has 1 aromatic carbocycles. The molecule has 0 unspecified atom stereocenters. The van der Waals surface area contributed by atoms with Crippen molar-refractivity contribution in [3.63, 3.8) is 0 Å². The number of carbonyl (C=O) groups excluding carboxylic acids is 1. The zero-order chi connectivity index (χ0) is 14.9. The third-order valence-corrected chi connectivity index (χ3v) is 4.57. The van der Waals surface area contributed by atoms with E-state index in [1.165, 1.54) is 7.11 Å². The van der Waals surface area contributed by atoms with Crippen LogP contribution >= 0.6 is 12.4 Å². The van der Waals surface area contributed by atoms with E-state index in [2.05, 4.69) is 11.0 Å². The number of carbonyl (C=O) groups is 1. The van der Waals surface area contributed by atoms with Crippen LogP contribution in [0.15, 0.2) is 24.3 Å². The maximum atomic E-state index is 12.2. The molecule has 0 aromatic heterocycles. The fraction of sp³-hybridized carbons (Fsp3) is 0.500. The summed E-state index contributed by atoms with van der Waals surface area (Å²) in [6.07, 6.45) is 0. The number of hydrogen-bond donors (Lipinski definition) is 0. The normalized spacial score (nSPS) is 26.8. The number of fused-ring (bicyclic) bond motifs is 1. The quantitative estimate of drug-likeness (QED) is 0.791. The monoisotopic (exact) mass is 322 g/mol. The summed E-state index contributed by atoms with van der Waals surface area (Å²) in [4.78, 5) is 14.4. The van der Waals surface area contributed by atoms with Crippen LogP contribution in [-0.2, 0) is 20.8 Å². The first-order valence-corrected chi connectivity index (χ1v) is 7.06. The highest BCUT2D eigenvalue weighted by molar-refractivity contribution is 5.85. The Morgan fingerprint density at radius 3 is 3.05 bits per heavy atom. The van der Waals surface area contributed by atoms with Crippen LogP contribution in [-0.4, -0.2) is 44.3 Å². The number of nitrogens with zero attached hydrogens (tertiary/aromatic N) is 2. The van der Waals surface area contributed by atoms with Gasteiger partial charge in [0.15, 0.2) is 0 Å². The molecule has 6 heteroatoms. The number of rotatable bonds is 3. The largest absolute Gasteiger partial charge is 0.468 e. The molecule has 118 valence electrons. The van der Waals surface area contributed by atoms with Crippen molar-refractivity contribution in [2.24, 2.45) is 11.3 Å². The van der Waals surface area contributed by atoms with E-state index in [1.807, 2.05) is 24.3 Å². The molecule has 2 heterocycles. The van der Waals surface area contributed by atoms with Gasteiger partial charge in [0.05, 0.1) is 32.0 Å². The molecule has 2 atom stereocenters. The Bertz CT molecular complexity index is 601. The Balaban J connectivity index is 0.00000176. The van der Waals surface area contributed by atoms with Gasteiger partial charge in [0.2, 0.25) is 0 Å². The molecule has 3 rings (SSSR count). The van der Waals surface area contributed by atoms with Gasteiger partial charge < -0.3 is 9.47 Å². The minimum absolute atomic E-state index is 0. The zero-order valence-corrected chi connectivity index (χ0v) is 13.3. The predicted octanol–water partition coefficient (Wildman–Crippen LogP) is 1.60. The molecule has 0 aliphatic carbocycles. The predicted molar refractivity (Wildman–Crippen MR) is 82.4 cm³/mol. The van der Waals surface area contributed by atoms with Gasteiger partial charge in [0.1, 0.15) is 5.41 Å². The molecule has 2 aliphatic heterocycles. The Labute approximate surface area is 136 Å². The zero-order valence-electron chi connectivity index (χ0n) is 12.4. The Morgan fingerprint density at radius 2 is 2.32 bits per heavy atom. The van der Waals surface area contributed by atoms with Crippen molar-refractivity contribution in [1.82, 2.24) is 4.90 Å². The first kappa shape index (κ1) is 16.8. The van der Waals surface area contributed by atoms with Crippen LogP contribution in [0.2, 0.25) is 0 Å². The van der Waals surface area contributed by atoms with Gasteiger partial charge in [0, 0.05) is 25.6 Å². The molecule has 2 saturated heterocycles. The molecule has 0 saturated carbocycles. The van der Waals surface area contributed by atoms with Crippen LogP contribution < -0.4 is 0 Å². The summed E-state index contributed by atoms with van der Waals surface area (Å²) in [6, 6.07) is 9.81. The summed E-state index contributed by atoms with van der Waals surface area (Å²) in [7, 11) is 1.43. The third-order valence-electron chi connectivity index (χ3n) is 4.57. The molecule has 22 heavy (non-hydrogen) atoms. The van der Waals surface area contributed by atoms with Crippen LogP contribution in [0.25, 0.3) is 0 Å². The number of esters is 1. The highest BCUT2D eigenvalue weighted by Gasteiger charge is 2.56. The van der Waals surface area contributed by atoms with Gasteiger partial charge in [0.25, 0.3) is 0 Å². The average Bonchev–Trinajstić information content (AvgIpc) is 3.04. The lowest BCUT2D eigenvalue weighted by Crippen LogP contribution is -2.40. The van der Waals surface area contributed by atoms with Crippen LogP contribution in [0.1, 0.15) is 11.1 Å². The SMILES string of the molecule is COC(=O)[C@@]12COC[C@@H]1CN(Cc1ccccc1C#N)C2.Cl. The summed E-state index contributed by atoms with van der Waals surface area (Å²) in [5.41, 5.74) is 1.16. The molecule has 0 bridgehead atoms. The summed E-state index contributed by atoms with van der Waals surface area (Å²) in [5, 5.41) is 9.17. The fourth-order valence-electron chi connectivity index (χ4n) is 3.46. The van der Waals surface area contributed by atoms with E-state index in [1.54, 1.807) is 0 Å². The van der Waals surface area contributed by atoms with E-state index in [4.69, 9.17) is 14.7 Å². The van der Waals surface area contributed by atoms with Gasteiger partial charge in [-0.2, -0.15) is 5.26 Å². The summed E-state index contributed by atoms with van der Waals surface area (Å²) in [5.74, 6) is 0.000247. The number of methoxy groups -OCH3 is 1. The smallest absolute Gasteiger partial charge is 0.315 e. The van der Waals surface area contributed by atoms with E-state index in [9.17, 15) is 4.79 Å². The number of hydrogen-bond acceptors (Lipinski definition) is 5. The standard InChI is InChI=1S/C16H18N2O3.ClH/c1-20-15(19)16-10-18(8-14(16)9-21-11-16)7-13-5-3-2-4-12(13)6-17;/h2-5,14H,7-11H2,1H3;1H/t14-,16-;/m0./s1. The molecule has 0 N–H and O–H groups in total. The van der Waals surface area contributed by atoms with Gasteiger partial charge in [-0.05, 0) is 11.6 Å². The van der Waals surface area contributed by atoms with E-state index in [0.717, 1.165) is 12.1 Å². The molecular formula is C16H19ClN2O3. The topological polar surface area (TPSA) is 62.6 Å². The van der Waals surface area contributed by atoms with Crippen molar-refractivity contribution in [3.8, 4) is 6.07 Å². The molecule has 5 nitrogen and oxygen atoms in total. The molecule has 0 spiro atoms. The van der Waals surface area contributed by atoms with Gasteiger partial charge in [-0.15, -0.1) is 12.4 Å².